The molecule has 2 aliphatic rings. The van der Waals surface area contributed by atoms with Gasteiger partial charge in [0.2, 0.25) is 0 Å². The summed E-state index contributed by atoms with van der Waals surface area (Å²) in [6, 6.07) is 1.02. The molecule has 2 saturated carbocycles. The Kier molecular flexibility index (Phi) is 4.80. The zero-order chi connectivity index (χ0) is 18.5. The Morgan fingerprint density at radius 1 is 0.960 bits per heavy atom. The number of nitrogens with one attached hydrogen (secondary N) is 1. The van der Waals surface area contributed by atoms with E-state index in [9.17, 15) is 9.59 Å². The van der Waals surface area contributed by atoms with Crippen LogP contribution in [-0.4, -0.2) is 59.7 Å². The Bertz CT molecular complexity index is 677. The van der Waals surface area contributed by atoms with E-state index in [2.05, 4.69) is 24.0 Å². The molecule has 3 rings (SSSR count). The molecule has 0 radical (unpaired) electrons. The number of aromatic amines is 1. The van der Waals surface area contributed by atoms with Gasteiger partial charge in [0, 0.05) is 31.7 Å². The van der Waals surface area contributed by atoms with E-state index in [1.54, 1.807) is 0 Å². The summed E-state index contributed by atoms with van der Waals surface area (Å²) >= 11 is 0. The Hall–Kier alpha value is -1.62. The summed E-state index contributed by atoms with van der Waals surface area (Å²) in [7, 11) is 6.27. The molecule has 1 amide bonds. The molecule has 1 N–H and O–H groups in total. The average Bonchev–Trinajstić information content (AvgIpc) is 3.17. The maximum Gasteiger partial charge on any atom is 0.255 e. The number of H-pyrrole nitrogens is 1. The number of ketones is 1. The zero-order valence-corrected chi connectivity index (χ0v) is 16.3. The van der Waals surface area contributed by atoms with Gasteiger partial charge in [0.25, 0.3) is 5.91 Å². The van der Waals surface area contributed by atoms with Crippen LogP contribution in [0.2, 0.25) is 0 Å². The van der Waals surface area contributed by atoms with Crippen molar-refractivity contribution in [1.82, 2.24) is 14.8 Å². The minimum Gasteiger partial charge on any atom is -0.355 e. The lowest BCUT2D eigenvalue weighted by Gasteiger charge is -2.27. The zero-order valence-electron chi connectivity index (χ0n) is 16.3. The second-order valence-corrected chi connectivity index (χ2v) is 8.33. The van der Waals surface area contributed by atoms with E-state index in [-0.39, 0.29) is 11.7 Å². The molecule has 2 fully saturated rings. The number of nitrogens with zero attached hydrogens (tertiary/aromatic N) is 2. The fraction of sp³-hybridized carbons (Fsp3) is 0.700. The van der Waals surface area contributed by atoms with Crippen LogP contribution < -0.4 is 0 Å². The second kappa shape index (κ2) is 6.60. The van der Waals surface area contributed by atoms with Gasteiger partial charge in [-0.1, -0.05) is 0 Å². The van der Waals surface area contributed by atoms with Gasteiger partial charge in [-0.05, 0) is 71.0 Å². The number of fused-ring (bicyclic) bond motifs is 1. The van der Waals surface area contributed by atoms with Crippen LogP contribution >= 0.6 is 0 Å². The van der Waals surface area contributed by atoms with E-state index in [1.165, 1.54) is 19.8 Å². The van der Waals surface area contributed by atoms with Gasteiger partial charge in [-0.3, -0.25) is 9.59 Å². The summed E-state index contributed by atoms with van der Waals surface area (Å²) in [6.45, 7) is 5.29. The summed E-state index contributed by atoms with van der Waals surface area (Å²) in [5.74, 6) is 1.52. The first-order valence-corrected chi connectivity index (χ1v) is 9.34. The third kappa shape index (κ3) is 3.14. The highest BCUT2D eigenvalue weighted by atomic mass is 16.2. The van der Waals surface area contributed by atoms with Crippen molar-refractivity contribution < 1.29 is 9.59 Å². The van der Waals surface area contributed by atoms with Crippen LogP contribution in [0.4, 0.5) is 0 Å². The number of hydrogen-bond acceptors (Lipinski definition) is 3. The second-order valence-electron chi connectivity index (χ2n) is 8.33. The highest BCUT2D eigenvalue weighted by Gasteiger charge is 2.44. The SMILES string of the molecule is CC(=O)c1[nH]c(C)c(C(=O)N(C)C2C[C@H]3CC(N(C)C)C[C@H]3C2)c1C. The molecule has 0 spiro atoms. The lowest BCUT2D eigenvalue weighted by molar-refractivity contribution is 0.0725. The third-order valence-corrected chi connectivity index (χ3v) is 6.57. The maximum absolute atomic E-state index is 13.1. The molecule has 2 aliphatic carbocycles. The van der Waals surface area contributed by atoms with E-state index in [0.29, 0.717) is 23.3 Å². The average molecular weight is 345 g/mol. The Labute approximate surface area is 150 Å². The van der Waals surface area contributed by atoms with Crippen LogP contribution in [0.25, 0.3) is 0 Å². The molecule has 1 aromatic heterocycles. The first kappa shape index (κ1) is 18.2. The molecular weight excluding hydrogens is 314 g/mol. The first-order valence-electron chi connectivity index (χ1n) is 9.34. The number of aryl methyl sites for hydroxylation is 1. The highest BCUT2D eigenvalue weighted by molar-refractivity contribution is 6.02. The number of amides is 1. The van der Waals surface area contributed by atoms with Gasteiger partial charge in [-0.25, -0.2) is 0 Å². The van der Waals surface area contributed by atoms with Crippen molar-refractivity contribution in [3.8, 4) is 0 Å². The molecule has 1 aromatic rings. The minimum absolute atomic E-state index is 0.0209. The van der Waals surface area contributed by atoms with Crippen LogP contribution in [0.15, 0.2) is 0 Å². The number of aromatic nitrogens is 1. The molecule has 5 nitrogen and oxygen atoms in total. The van der Waals surface area contributed by atoms with Crippen molar-refractivity contribution in [1.29, 1.82) is 0 Å². The molecule has 0 bridgehead atoms. The van der Waals surface area contributed by atoms with Gasteiger partial charge in [0.05, 0.1) is 11.3 Å². The van der Waals surface area contributed by atoms with E-state index in [1.807, 2.05) is 25.8 Å². The molecular formula is C20H31N3O2. The number of carbonyl (C=O) groups excluding carboxylic acids is 2. The standard InChI is InChI=1S/C20H31N3O2/c1-11-18(12(2)21-19(11)13(3)24)20(25)23(6)17-9-14-7-16(22(4)5)8-15(14)10-17/h14-17,21H,7-10H2,1-6H3/t14-,15+,16?,17?. The summed E-state index contributed by atoms with van der Waals surface area (Å²) < 4.78 is 0. The van der Waals surface area contributed by atoms with Gasteiger partial charge in [0.1, 0.15) is 0 Å². The fourth-order valence-electron chi connectivity index (χ4n) is 5.06. The number of hydrogen-bond donors (Lipinski definition) is 1. The normalized spacial score (nSPS) is 28.4. The van der Waals surface area contributed by atoms with Crippen molar-refractivity contribution in [3.63, 3.8) is 0 Å². The first-order chi connectivity index (χ1) is 11.7. The predicted octanol–water partition coefficient (Wildman–Crippen LogP) is 3.02. The fourth-order valence-corrected chi connectivity index (χ4v) is 5.06. The Balaban J connectivity index is 1.72. The number of rotatable bonds is 4. The molecule has 138 valence electrons. The van der Waals surface area contributed by atoms with Crippen LogP contribution in [0.5, 0.6) is 0 Å². The van der Waals surface area contributed by atoms with Gasteiger partial charge >= 0.3 is 0 Å². The third-order valence-electron chi connectivity index (χ3n) is 6.57. The highest BCUT2D eigenvalue weighted by Crippen LogP contribution is 2.46. The maximum atomic E-state index is 13.1. The van der Waals surface area contributed by atoms with Crippen LogP contribution in [0.3, 0.4) is 0 Å². The minimum atomic E-state index is -0.0209. The molecule has 5 heteroatoms. The van der Waals surface area contributed by atoms with Gasteiger partial charge in [-0.15, -0.1) is 0 Å². The van der Waals surface area contributed by atoms with Gasteiger partial charge in [0.15, 0.2) is 5.78 Å². The summed E-state index contributed by atoms with van der Waals surface area (Å²) in [5, 5.41) is 0. The molecule has 0 aromatic carbocycles. The topological polar surface area (TPSA) is 56.4 Å². The van der Waals surface area contributed by atoms with Gasteiger partial charge in [-0.2, -0.15) is 0 Å². The summed E-state index contributed by atoms with van der Waals surface area (Å²) in [5.41, 5.74) is 2.82. The van der Waals surface area contributed by atoms with Gasteiger partial charge < -0.3 is 14.8 Å². The van der Waals surface area contributed by atoms with Crippen molar-refractivity contribution in [2.75, 3.05) is 21.1 Å². The van der Waals surface area contributed by atoms with Crippen molar-refractivity contribution in [2.24, 2.45) is 11.8 Å². The quantitative estimate of drug-likeness (QED) is 0.854. The summed E-state index contributed by atoms with van der Waals surface area (Å²) in [6.07, 6.45) is 4.73. The molecule has 25 heavy (non-hydrogen) atoms. The van der Waals surface area contributed by atoms with Crippen LogP contribution in [-0.2, 0) is 0 Å². The smallest absolute Gasteiger partial charge is 0.255 e. The Morgan fingerprint density at radius 2 is 1.48 bits per heavy atom. The lowest BCUT2D eigenvalue weighted by atomic mass is 10.0. The molecule has 1 heterocycles. The number of Topliss-reactive ketones (excluding diaryl/α,β-unsaturated/α-hetero) is 1. The monoisotopic (exact) mass is 345 g/mol. The largest absolute Gasteiger partial charge is 0.355 e. The van der Waals surface area contributed by atoms with E-state index >= 15 is 0 Å². The van der Waals surface area contributed by atoms with E-state index in [0.717, 1.165) is 35.9 Å². The van der Waals surface area contributed by atoms with Crippen LogP contribution in [0, 0.1) is 25.7 Å². The van der Waals surface area contributed by atoms with E-state index in [4.69, 9.17) is 0 Å². The lowest BCUT2D eigenvalue weighted by Crippen LogP contribution is -2.37. The van der Waals surface area contributed by atoms with Crippen molar-refractivity contribution in [3.05, 3.63) is 22.5 Å². The molecule has 2 unspecified atom stereocenters. The number of carbonyl (C=O) groups is 2. The van der Waals surface area contributed by atoms with E-state index < -0.39 is 0 Å². The van der Waals surface area contributed by atoms with Crippen molar-refractivity contribution in [2.45, 2.75) is 58.5 Å². The predicted molar refractivity (Wildman–Crippen MR) is 99.1 cm³/mol. The molecule has 0 aliphatic heterocycles. The van der Waals surface area contributed by atoms with Crippen molar-refractivity contribution >= 4 is 11.7 Å². The summed E-state index contributed by atoms with van der Waals surface area (Å²) in [4.78, 5) is 32.2. The molecule has 4 atom stereocenters. The molecule has 0 saturated heterocycles. The van der Waals surface area contributed by atoms with Crippen LogP contribution in [0.1, 0.15) is 64.7 Å². The Morgan fingerprint density at radius 3 is 1.92 bits per heavy atom.